The van der Waals surface area contributed by atoms with E-state index in [1.54, 1.807) is 13.2 Å². The molecule has 0 radical (unpaired) electrons. The average Bonchev–Trinajstić information content (AvgIpc) is 3.38. The molecule has 0 bridgehead atoms. The van der Waals surface area contributed by atoms with Gasteiger partial charge in [-0.15, -0.1) is 5.10 Å². The van der Waals surface area contributed by atoms with E-state index in [4.69, 9.17) is 14.2 Å². The Kier molecular flexibility index (Phi) is 11.9. The number of ether oxygens (including phenoxy) is 3. The number of nitrogens with one attached hydrogen (secondary N) is 2. The summed E-state index contributed by atoms with van der Waals surface area (Å²) in [6.45, 7) is 4.37. The Hall–Kier alpha value is -4.44. The lowest BCUT2D eigenvalue weighted by molar-refractivity contribution is 0.0980. The third-order valence-electron chi connectivity index (χ3n) is 7.59. The third kappa shape index (κ3) is 8.52. The molecule has 4 rings (SSSR count). The zero-order valence-corrected chi connectivity index (χ0v) is 28.4. The molecule has 0 aliphatic rings. The Morgan fingerprint density at radius 1 is 0.938 bits per heavy atom. The van der Waals surface area contributed by atoms with Gasteiger partial charge in [0.2, 0.25) is 9.84 Å². The fraction of sp³-hybridized carbons (Fsp3) is 0.364. The van der Waals surface area contributed by atoms with Crippen LogP contribution >= 0.6 is 0 Å². The van der Waals surface area contributed by atoms with Gasteiger partial charge >= 0.3 is 6.09 Å². The first-order valence-corrected chi connectivity index (χ1v) is 16.5. The lowest BCUT2D eigenvalue weighted by Crippen LogP contribution is -2.27. The predicted octanol–water partition coefficient (Wildman–Crippen LogP) is 4.97. The molecular formula is C33H39F2N5O7S. The van der Waals surface area contributed by atoms with Crippen LogP contribution in [0.4, 0.5) is 25.1 Å². The van der Waals surface area contributed by atoms with E-state index < -0.39 is 38.4 Å². The molecule has 48 heavy (non-hydrogen) atoms. The van der Waals surface area contributed by atoms with Gasteiger partial charge in [0, 0.05) is 43.4 Å². The highest BCUT2D eigenvalue weighted by Crippen LogP contribution is 2.31. The van der Waals surface area contributed by atoms with Crippen LogP contribution in [-0.2, 0) is 30.5 Å². The van der Waals surface area contributed by atoms with Crippen LogP contribution in [0.3, 0.4) is 0 Å². The highest BCUT2D eigenvalue weighted by Gasteiger charge is 2.25. The Labute approximate surface area is 277 Å². The van der Waals surface area contributed by atoms with E-state index in [2.05, 4.69) is 27.6 Å². The highest BCUT2D eigenvalue weighted by molar-refractivity contribution is 7.91. The number of fused-ring (bicyclic) bond motifs is 1. The summed E-state index contributed by atoms with van der Waals surface area (Å²) in [5, 5.41) is 10.3. The molecule has 12 nitrogen and oxygen atoms in total. The van der Waals surface area contributed by atoms with Crippen molar-refractivity contribution in [2.24, 2.45) is 0 Å². The van der Waals surface area contributed by atoms with Crippen molar-refractivity contribution in [1.29, 1.82) is 0 Å². The van der Waals surface area contributed by atoms with Crippen molar-refractivity contribution in [3.63, 3.8) is 0 Å². The van der Waals surface area contributed by atoms with Crippen molar-refractivity contribution in [2.75, 3.05) is 58.8 Å². The fourth-order valence-corrected chi connectivity index (χ4v) is 6.21. The monoisotopic (exact) mass is 687 g/mol. The summed E-state index contributed by atoms with van der Waals surface area (Å²) in [6, 6.07) is 11.0. The maximum absolute atomic E-state index is 14.0. The van der Waals surface area contributed by atoms with Crippen LogP contribution in [0.25, 0.3) is 10.9 Å². The zero-order valence-electron chi connectivity index (χ0n) is 27.5. The third-order valence-corrected chi connectivity index (χ3v) is 9.32. The van der Waals surface area contributed by atoms with Crippen molar-refractivity contribution in [1.82, 2.24) is 14.7 Å². The minimum Gasteiger partial charge on any atom is -0.445 e. The summed E-state index contributed by atoms with van der Waals surface area (Å²) in [5.41, 5.74) is 1.87. The summed E-state index contributed by atoms with van der Waals surface area (Å²) < 4.78 is 71.1. The van der Waals surface area contributed by atoms with Gasteiger partial charge in [-0.05, 0) is 82.4 Å². The molecular weight excluding hydrogens is 648 g/mol. The highest BCUT2D eigenvalue weighted by atomic mass is 32.2. The molecule has 0 fully saturated rings. The van der Waals surface area contributed by atoms with Crippen LogP contribution in [0.15, 0.2) is 64.4 Å². The molecule has 0 spiro atoms. The summed E-state index contributed by atoms with van der Waals surface area (Å²) in [4.78, 5) is 28.0. The van der Waals surface area contributed by atoms with Crippen LogP contribution in [0.2, 0.25) is 0 Å². The second-order valence-electron chi connectivity index (χ2n) is 11.5. The number of amides is 1. The normalized spacial score (nSPS) is 13.0. The Morgan fingerprint density at radius 3 is 2.29 bits per heavy atom. The maximum atomic E-state index is 14.0. The van der Waals surface area contributed by atoms with Gasteiger partial charge < -0.3 is 29.7 Å². The van der Waals surface area contributed by atoms with E-state index in [9.17, 15) is 26.8 Å². The van der Waals surface area contributed by atoms with Crippen molar-refractivity contribution in [3.05, 3.63) is 77.4 Å². The zero-order chi connectivity index (χ0) is 35.2. The quantitative estimate of drug-likeness (QED) is 0.175. The Morgan fingerprint density at radius 2 is 1.65 bits per heavy atom. The number of carbonyl (C=O) groups excluding carboxylic acids is 2. The first-order chi connectivity index (χ1) is 22.7. The van der Waals surface area contributed by atoms with Gasteiger partial charge in [-0.1, -0.05) is 6.07 Å². The maximum Gasteiger partial charge on any atom is 0.435 e. The van der Waals surface area contributed by atoms with Crippen LogP contribution < -0.4 is 10.6 Å². The topological polar surface area (TPSA) is 141 Å². The van der Waals surface area contributed by atoms with Crippen LogP contribution in [0.5, 0.6) is 0 Å². The number of rotatable bonds is 14. The molecule has 1 aromatic heterocycles. The Bertz CT molecular complexity index is 1880. The molecule has 258 valence electrons. The molecule has 4 aromatic rings. The van der Waals surface area contributed by atoms with Gasteiger partial charge in [0.15, 0.2) is 5.82 Å². The first kappa shape index (κ1) is 36.4. The molecule has 0 aliphatic heterocycles. The van der Waals surface area contributed by atoms with Crippen molar-refractivity contribution >= 4 is 44.2 Å². The molecule has 0 aliphatic carbocycles. The van der Waals surface area contributed by atoms with Gasteiger partial charge in [0.25, 0.3) is 5.91 Å². The van der Waals surface area contributed by atoms with Crippen molar-refractivity contribution in [2.45, 2.75) is 42.1 Å². The molecule has 3 aromatic carbocycles. The SMILES string of the molecule is COCCOC(=O)n1nc(NC(=O)c2ccc(CC(C)N(C)C)cc2N[C@H](C)COC)c2cc(S(=O)(=O)c3cc(F)cc(F)c3)ccc21. The van der Waals surface area contributed by atoms with E-state index >= 15 is 0 Å². The van der Waals surface area contributed by atoms with Crippen LogP contribution in [0, 0.1) is 11.6 Å². The largest absolute Gasteiger partial charge is 0.445 e. The van der Waals surface area contributed by atoms with E-state index in [1.807, 2.05) is 33.2 Å². The number of hydrogen-bond donors (Lipinski definition) is 2. The van der Waals surface area contributed by atoms with E-state index in [1.165, 1.54) is 25.3 Å². The number of methoxy groups -OCH3 is 2. The smallest absolute Gasteiger partial charge is 0.435 e. The molecule has 2 atom stereocenters. The molecule has 0 saturated carbocycles. The predicted molar refractivity (Wildman–Crippen MR) is 176 cm³/mol. The van der Waals surface area contributed by atoms with E-state index in [-0.39, 0.29) is 52.5 Å². The number of benzene rings is 3. The number of hydrogen-bond acceptors (Lipinski definition) is 10. The lowest BCUT2D eigenvalue weighted by Gasteiger charge is -2.22. The average molecular weight is 688 g/mol. The number of sulfone groups is 1. The fourth-order valence-electron chi connectivity index (χ4n) is 4.88. The first-order valence-electron chi connectivity index (χ1n) is 15.0. The molecule has 1 amide bonds. The minimum atomic E-state index is -4.44. The molecule has 1 heterocycles. The minimum absolute atomic E-state index is 0.0590. The summed E-state index contributed by atoms with van der Waals surface area (Å²) in [5.74, 6) is -2.89. The number of nitrogens with zero attached hydrogens (tertiary/aromatic N) is 3. The number of aromatic nitrogens is 2. The number of likely N-dealkylation sites (N-methyl/N-ethyl adjacent to an activating group) is 1. The van der Waals surface area contributed by atoms with Gasteiger partial charge in [0.05, 0.1) is 34.1 Å². The molecule has 15 heteroatoms. The van der Waals surface area contributed by atoms with E-state index in [0.717, 1.165) is 16.7 Å². The second kappa shape index (κ2) is 15.6. The lowest BCUT2D eigenvalue weighted by atomic mass is 10.0. The second-order valence-corrected chi connectivity index (χ2v) is 13.5. The van der Waals surface area contributed by atoms with Gasteiger partial charge in [-0.3, -0.25) is 4.79 Å². The Balaban J connectivity index is 1.79. The van der Waals surface area contributed by atoms with E-state index in [0.29, 0.717) is 30.5 Å². The molecule has 0 saturated heterocycles. The van der Waals surface area contributed by atoms with Gasteiger partial charge in [-0.25, -0.2) is 22.0 Å². The number of carbonyl (C=O) groups is 2. The van der Waals surface area contributed by atoms with Crippen molar-refractivity contribution in [3.8, 4) is 0 Å². The number of halogens is 2. The summed E-state index contributed by atoms with van der Waals surface area (Å²) >= 11 is 0. The summed E-state index contributed by atoms with van der Waals surface area (Å²) in [6.07, 6.45) is -0.190. The van der Waals surface area contributed by atoms with Crippen LogP contribution in [0.1, 0.15) is 29.8 Å². The number of anilines is 2. The molecule has 2 N–H and O–H groups in total. The summed E-state index contributed by atoms with van der Waals surface area (Å²) in [7, 11) is 2.54. The van der Waals surface area contributed by atoms with Gasteiger partial charge in [-0.2, -0.15) is 4.68 Å². The molecule has 1 unspecified atom stereocenters. The standard InChI is InChI=1S/C33H39F2N5O7S/c1-20(19-46-6)36-29-14-22(13-21(2)39(3)4)7-9-27(29)32(41)37-31-28-18-25(48(43,44)26-16-23(34)15-24(35)17-26)8-10-30(28)40(38-31)33(42)47-12-11-45-5/h7-10,14-18,20-21,36H,11-13,19H2,1-6H3,(H,37,38,41)/t20-,21?/m1/s1. The van der Waals surface area contributed by atoms with Crippen LogP contribution in [-0.4, -0.2) is 95.3 Å². The van der Waals surface area contributed by atoms with Crippen molar-refractivity contribution < 1.29 is 41.0 Å². The van der Waals surface area contributed by atoms with Gasteiger partial charge in [0.1, 0.15) is 18.2 Å².